The molecule has 6 heteroatoms. The Hall–Kier alpha value is -0.650. The molecule has 0 radical (unpaired) electrons. The Labute approximate surface area is 114 Å². The van der Waals surface area contributed by atoms with Crippen molar-refractivity contribution in [1.29, 1.82) is 0 Å². The summed E-state index contributed by atoms with van der Waals surface area (Å²) in [6, 6.07) is 0.404. The molecule has 1 aliphatic heterocycles. The smallest absolute Gasteiger partial charge is 0.226 e. The van der Waals surface area contributed by atoms with Crippen LogP contribution in [0, 0.1) is 11.8 Å². The Bertz CT molecular complexity index is 397. The van der Waals surface area contributed by atoms with Crippen molar-refractivity contribution in [3.05, 3.63) is 11.7 Å². The summed E-state index contributed by atoms with van der Waals surface area (Å²) in [5.74, 6) is 3.03. The second-order valence-electron chi connectivity index (χ2n) is 5.32. The minimum atomic E-state index is 0. The molecule has 102 valence electrons. The summed E-state index contributed by atoms with van der Waals surface area (Å²) in [7, 11) is 0. The van der Waals surface area contributed by atoms with Crippen molar-refractivity contribution in [3.8, 4) is 0 Å². The highest BCUT2D eigenvalue weighted by atomic mass is 35.5. The van der Waals surface area contributed by atoms with Gasteiger partial charge in [-0.3, -0.25) is 4.90 Å². The Kier molecular flexibility index (Phi) is 4.25. The number of hydrogen-bond donors (Lipinski definition) is 1. The molecule has 2 fully saturated rings. The van der Waals surface area contributed by atoms with Crippen LogP contribution in [0.15, 0.2) is 4.52 Å². The summed E-state index contributed by atoms with van der Waals surface area (Å²) in [6.07, 6.45) is 3.29. The van der Waals surface area contributed by atoms with E-state index in [1.165, 1.54) is 12.8 Å². The molecule has 1 saturated heterocycles. The van der Waals surface area contributed by atoms with E-state index in [2.05, 4.69) is 15.0 Å². The van der Waals surface area contributed by atoms with E-state index in [1.54, 1.807) is 0 Å². The number of nitrogens with two attached hydrogens (primary N) is 1. The normalized spacial score (nSPS) is 31.3. The van der Waals surface area contributed by atoms with E-state index in [1.807, 2.05) is 6.92 Å². The summed E-state index contributed by atoms with van der Waals surface area (Å²) < 4.78 is 5.13. The van der Waals surface area contributed by atoms with E-state index in [-0.39, 0.29) is 12.4 Å². The molecule has 1 aromatic rings. The first kappa shape index (κ1) is 13.8. The van der Waals surface area contributed by atoms with Crippen LogP contribution in [-0.4, -0.2) is 34.2 Å². The maximum Gasteiger partial charge on any atom is 0.226 e. The molecule has 0 aromatic carbocycles. The average Bonchev–Trinajstić information content (AvgIpc) is 2.98. The predicted molar refractivity (Wildman–Crippen MR) is 70.4 cm³/mol. The first-order valence-electron chi connectivity index (χ1n) is 6.55. The quantitative estimate of drug-likeness (QED) is 0.896. The molecular weight excluding hydrogens is 252 g/mol. The zero-order valence-corrected chi connectivity index (χ0v) is 11.5. The van der Waals surface area contributed by atoms with Crippen molar-refractivity contribution in [1.82, 2.24) is 15.0 Å². The molecule has 5 nitrogen and oxygen atoms in total. The van der Waals surface area contributed by atoms with E-state index < -0.39 is 0 Å². The fraction of sp³-hybridized carbons (Fsp3) is 0.833. The Morgan fingerprint density at radius 2 is 2.22 bits per heavy atom. The highest BCUT2D eigenvalue weighted by Gasteiger charge is 2.40. The lowest BCUT2D eigenvalue weighted by Gasteiger charge is -2.16. The second kappa shape index (κ2) is 5.55. The number of nitrogens with zero attached hydrogens (tertiary/aromatic N) is 3. The molecular formula is C12H21ClN4O. The maximum atomic E-state index is 6.12. The van der Waals surface area contributed by atoms with Crippen molar-refractivity contribution in [2.45, 2.75) is 38.8 Å². The summed E-state index contributed by atoms with van der Waals surface area (Å²) >= 11 is 0. The van der Waals surface area contributed by atoms with Crippen molar-refractivity contribution < 1.29 is 4.52 Å². The Balaban J connectivity index is 0.00000120. The molecule has 3 atom stereocenters. The van der Waals surface area contributed by atoms with Gasteiger partial charge in [0.1, 0.15) is 0 Å². The van der Waals surface area contributed by atoms with Gasteiger partial charge < -0.3 is 10.3 Å². The third-order valence-electron chi connectivity index (χ3n) is 4.17. The topological polar surface area (TPSA) is 68.2 Å². The number of fused-ring (bicyclic) bond motifs is 1. The van der Waals surface area contributed by atoms with Crippen molar-refractivity contribution in [3.63, 3.8) is 0 Å². The first-order chi connectivity index (χ1) is 8.26. The van der Waals surface area contributed by atoms with Crippen LogP contribution in [0.3, 0.4) is 0 Å². The molecule has 0 amide bonds. The lowest BCUT2D eigenvalue weighted by molar-refractivity contribution is 0.283. The highest BCUT2D eigenvalue weighted by molar-refractivity contribution is 5.85. The van der Waals surface area contributed by atoms with Crippen LogP contribution in [0.25, 0.3) is 0 Å². The molecule has 2 heterocycles. The molecule has 1 aliphatic carbocycles. The second-order valence-corrected chi connectivity index (χ2v) is 5.32. The van der Waals surface area contributed by atoms with Crippen LogP contribution < -0.4 is 5.73 Å². The fourth-order valence-corrected chi connectivity index (χ4v) is 3.23. The molecule has 2 aliphatic rings. The van der Waals surface area contributed by atoms with Crippen LogP contribution in [0.2, 0.25) is 0 Å². The summed E-state index contributed by atoms with van der Waals surface area (Å²) in [6.45, 7) is 5.08. The molecule has 1 aromatic heterocycles. The van der Waals surface area contributed by atoms with Gasteiger partial charge in [0.2, 0.25) is 5.89 Å². The molecule has 1 saturated carbocycles. The summed E-state index contributed by atoms with van der Waals surface area (Å²) in [4.78, 5) is 6.77. The van der Waals surface area contributed by atoms with Gasteiger partial charge in [-0.25, -0.2) is 0 Å². The number of halogens is 1. The summed E-state index contributed by atoms with van der Waals surface area (Å²) in [5.41, 5.74) is 6.12. The van der Waals surface area contributed by atoms with E-state index in [0.717, 1.165) is 43.7 Å². The number of likely N-dealkylation sites (tertiary alicyclic amines) is 1. The van der Waals surface area contributed by atoms with E-state index in [0.29, 0.717) is 12.0 Å². The number of hydrogen-bond acceptors (Lipinski definition) is 5. The number of aryl methyl sites for hydroxylation is 1. The Morgan fingerprint density at radius 3 is 2.89 bits per heavy atom. The number of aromatic nitrogens is 2. The molecule has 0 spiro atoms. The predicted octanol–water partition coefficient (Wildman–Crippen LogP) is 1.22. The van der Waals surface area contributed by atoms with Gasteiger partial charge in [-0.15, -0.1) is 12.4 Å². The van der Waals surface area contributed by atoms with Crippen LogP contribution in [0.5, 0.6) is 0 Å². The fourth-order valence-electron chi connectivity index (χ4n) is 3.23. The van der Waals surface area contributed by atoms with Gasteiger partial charge in [0.05, 0.1) is 6.54 Å². The SMILES string of the molecule is CCc1nc(CN2CC3CCC(N)C3C2)no1.Cl. The molecule has 0 bridgehead atoms. The zero-order chi connectivity index (χ0) is 11.8. The lowest BCUT2D eigenvalue weighted by Crippen LogP contribution is -2.30. The van der Waals surface area contributed by atoms with Gasteiger partial charge in [0.25, 0.3) is 0 Å². The van der Waals surface area contributed by atoms with Gasteiger partial charge in [0.15, 0.2) is 5.82 Å². The summed E-state index contributed by atoms with van der Waals surface area (Å²) in [5, 5.41) is 4.00. The van der Waals surface area contributed by atoms with Crippen molar-refractivity contribution in [2.75, 3.05) is 13.1 Å². The van der Waals surface area contributed by atoms with Gasteiger partial charge in [-0.05, 0) is 24.7 Å². The minimum Gasteiger partial charge on any atom is -0.339 e. The van der Waals surface area contributed by atoms with Gasteiger partial charge in [-0.1, -0.05) is 12.1 Å². The monoisotopic (exact) mass is 272 g/mol. The zero-order valence-electron chi connectivity index (χ0n) is 10.7. The van der Waals surface area contributed by atoms with E-state index >= 15 is 0 Å². The van der Waals surface area contributed by atoms with Crippen molar-refractivity contribution >= 4 is 12.4 Å². The van der Waals surface area contributed by atoms with Crippen molar-refractivity contribution in [2.24, 2.45) is 17.6 Å². The van der Waals surface area contributed by atoms with Crippen LogP contribution in [0.1, 0.15) is 31.5 Å². The van der Waals surface area contributed by atoms with Gasteiger partial charge >= 0.3 is 0 Å². The maximum absolute atomic E-state index is 6.12. The third-order valence-corrected chi connectivity index (χ3v) is 4.17. The van der Waals surface area contributed by atoms with Gasteiger partial charge in [0, 0.05) is 25.6 Å². The highest BCUT2D eigenvalue weighted by Crippen LogP contribution is 2.37. The first-order valence-corrected chi connectivity index (χ1v) is 6.55. The lowest BCUT2D eigenvalue weighted by atomic mass is 9.98. The van der Waals surface area contributed by atoms with Crippen LogP contribution in [0.4, 0.5) is 0 Å². The molecule has 18 heavy (non-hydrogen) atoms. The standard InChI is InChI=1S/C12H20N4O.ClH/c1-2-12-14-11(15-17-12)7-16-5-8-3-4-10(13)9(8)6-16;/h8-10H,2-7,13H2,1H3;1H. The largest absolute Gasteiger partial charge is 0.339 e. The van der Waals surface area contributed by atoms with E-state index in [4.69, 9.17) is 10.3 Å². The molecule has 2 N–H and O–H groups in total. The van der Waals surface area contributed by atoms with E-state index in [9.17, 15) is 0 Å². The Morgan fingerprint density at radius 1 is 1.39 bits per heavy atom. The average molecular weight is 273 g/mol. The van der Waals surface area contributed by atoms with Crippen LogP contribution in [-0.2, 0) is 13.0 Å². The number of rotatable bonds is 3. The molecule has 3 rings (SSSR count). The third kappa shape index (κ3) is 2.53. The van der Waals surface area contributed by atoms with Gasteiger partial charge in [-0.2, -0.15) is 4.98 Å². The minimum absolute atomic E-state index is 0. The van der Waals surface area contributed by atoms with Crippen LogP contribution >= 0.6 is 12.4 Å². The molecule has 3 unspecified atom stereocenters.